The zero-order valence-corrected chi connectivity index (χ0v) is 12.0. The van der Waals surface area contributed by atoms with Crippen molar-refractivity contribution in [3.05, 3.63) is 47.4 Å². The first-order valence-corrected chi connectivity index (χ1v) is 6.40. The Morgan fingerprint density at radius 3 is 2.45 bits per heavy atom. The normalized spacial score (nSPS) is 17.0. The third kappa shape index (κ3) is 3.25. The molecule has 0 N–H and O–H groups in total. The van der Waals surface area contributed by atoms with E-state index in [2.05, 4.69) is 4.74 Å². The minimum absolute atomic E-state index is 0.0142. The first kappa shape index (κ1) is 15.6. The van der Waals surface area contributed by atoms with E-state index in [1.165, 1.54) is 14.2 Å². The van der Waals surface area contributed by atoms with Crippen molar-refractivity contribution in [1.82, 2.24) is 0 Å². The molecule has 0 aliphatic carbocycles. The van der Waals surface area contributed by atoms with E-state index >= 15 is 0 Å². The minimum atomic E-state index is -0.969. The summed E-state index contributed by atoms with van der Waals surface area (Å²) < 4.78 is 19.6. The van der Waals surface area contributed by atoms with Crippen molar-refractivity contribution >= 4 is 17.9 Å². The van der Waals surface area contributed by atoms with Gasteiger partial charge in [-0.2, -0.15) is 0 Å². The quantitative estimate of drug-likeness (QED) is 0.596. The molecule has 0 aromatic heterocycles. The van der Waals surface area contributed by atoms with Crippen molar-refractivity contribution in [1.29, 1.82) is 0 Å². The molecular weight excluding hydrogens is 292 g/mol. The van der Waals surface area contributed by atoms with Gasteiger partial charge >= 0.3 is 17.9 Å². The van der Waals surface area contributed by atoms with Gasteiger partial charge in [-0.3, -0.25) is 4.79 Å². The molecule has 0 saturated heterocycles. The van der Waals surface area contributed by atoms with Gasteiger partial charge in [0.05, 0.1) is 26.2 Å². The third-order valence-corrected chi connectivity index (χ3v) is 2.95. The van der Waals surface area contributed by atoms with Crippen LogP contribution in [0.25, 0.3) is 0 Å². The summed E-state index contributed by atoms with van der Waals surface area (Å²) in [5, 5.41) is 0. The molecule has 2 rings (SSSR count). The molecule has 0 radical (unpaired) electrons. The van der Waals surface area contributed by atoms with Crippen molar-refractivity contribution < 1.29 is 33.3 Å². The molecule has 1 aliphatic rings. The van der Waals surface area contributed by atoms with Gasteiger partial charge in [0.2, 0.25) is 0 Å². The number of methoxy groups -OCH3 is 2. The Morgan fingerprint density at radius 2 is 1.86 bits per heavy atom. The number of hydrogen-bond acceptors (Lipinski definition) is 7. The van der Waals surface area contributed by atoms with Crippen LogP contribution in [0.5, 0.6) is 0 Å². The van der Waals surface area contributed by atoms with E-state index in [1.54, 1.807) is 30.3 Å². The number of carbonyl (C=O) groups excluding carboxylic acids is 3. The Hall–Kier alpha value is -2.83. The van der Waals surface area contributed by atoms with Crippen LogP contribution in [0.2, 0.25) is 0 Å². The van der Waals surface area contributed by atoms with Crippen LogP contribution in [-0.2, 0) is 28.5 Å². The maximum atomic E-state index is 12.0. The van der Waals surface area contributed by atoms with Crippen LogP contribution < -0.4 is 0 Å². The molecule has 7 heteroatoms. The molecule has 0 spiro atoms. The lowest BCUT2D eigenvalue weighted by Gasteiger charge is -2.10. The van der Waals surface area contributed by atoms with E-state index < -0.39 is 24.0 Å². The summed E-state index contributed by atoms with van der Waals surface area (Å²) in [7, 11) is 2.50. The zero-order valence-electron chi connectivity index (χ0n) is 12.0. The van der Waals surface area contributed by atoms with Crippen LogP contribution in [0, 0.1) is 0 Å². The van der Waals surface area contributed by atoms with Crippen LogP contribution >= 0.6 is 0 Å². The zero-order chi connectivity index (χ0) is 16.1. The van der Waals surface area contributed by atoms with E-state index in [-0.39, 0.29) is 23.5 Å². The number of cyclic esters (lactones) is 1. The summed E-state index contributed by atoms with van der Waals surface area (Å²) in [6.45, 7) is 0. The Kier molecular flexibility index (Phi) is 4.77. The van der Waals surface area contributed by atoms with E-state index in [0.717, 1.165) is 0 Å². The second-order valence-corrected chi connectivity index (χ2v) is 4.33. The average molecular weight is 306 g/mol. The predicted molar refractivity (Wildman–Crippen MR) is 72.4 cm³/mol. The molecule has 1 heterocycles. The molecule has 1 atom stereocenters. The fraction of sp³-hybridized carbons (Fsp3) is 0.267. The maximum absolute atomic E-state index is 12.0. The standard InChI is InChI=1S/C15H14O7/c1-19-11(16)8-10-12(20-2)13(15(18)21-10)22-14(17)9-6-4-3-5-7-9/h3-7,10H,8H2,1-2H3. The summed E-state index contributed by atoms with van der Waals surface area (Å²) in [6, 6.07) is 8.15. The molecule has 116 valence electrons. The second-order valence-electron chi connectivity index (χ2n) is 4.33. The van der Waals surface area contributed by atoms with E-state index in [1.807, 2.05) is 0 Å². The fourth-order valence-electron chi connectivity index (χ4n) is 1.89. The second kappa shape index (κ2) is 6.75. The lowest BCUT2D eigenvalue weighted by Crippen LogP contribution is -2.18. The van der Waals surface area contributed by atoms with Crippen molar-refractivity contribution in [3.63, 3.8) is 0 Å². The molecule has 0 saturated carbocycles. The van der Waals surface area contributed by atoms with Crippen molar-refractivity contribution in [2.45, 2.75) is 12.5 Å². The highest BCUT2D eigenvalue weighted by Gasteiger charge is 2.40. The number of benzene rings is 1. The molecular formula is C15H14O7. The molecule has 1 unspecified atom stereocenters. The molecule has 0 fully saturated rings. The number of rotatable bonds is 5. The molecule has 0 bridgehead atoms. The van der Waals surface area contributed by atoms with Gasteiger partial charge in [-0.1, -0.05) is 18.2 Å². The number of esters is 3. The van der Waals surface area contributed by atoms with Crippen molar-refractivity contribution in [3.8, 4) is 0 Å². The van der Waals surface area contributed by atoms with E-state index in [9.17, 15) is 14.4 Å². The molecule has 0 amide bonds. The lowest BCUT2D eigenvalue weighted by atomic mass is 10.2. The van der Waals surface area contributed by atoms with Crippen molar-refractivity contribution in [2.75, 3.05) is 14.2 Å². The summed E-state index contributed by atoms with van der Waals surface area (Å²) in [5.74, 6) is -2.54. The van der Waals surface area contributed by atoms with Gasteiger partial charge in [0.25, 0.3) is 5.76 Å². The lowest BCUT2D eigenvalue weighted by molar-refractivity contribution is -0.148. The topological polar surface area (TPSA) is 88.1 Å². The summed E-state index contributed by atoms with van der Waals surface area (Å²) in [4.78, 5) is 35.1. The Bertz CT molecular complexity index is 618. The molecule has 1 aromatic rings. The summed E-state index contributed by atoms with van der Waals surface area (Å²) in [6.07, 6.45) is -1.19. The van der Waals surface area contributed by atoms with E-state index in [4.69, 9.17) is 14.2 Å². The average Bonchev–Trinajstić information content (AvgIpc) is 2.82. The van der Waals surface area contributed by atoms with Crippen LogP contribution in [0.15, 0.2) is 41.9 Å². The minimum Gasteiger partial charge on any atom is -0.493 e. The highest BCUT2D eigenvalue weighted by atomic mass is 16.6. The van der Waals surface area contributed by atoms with Crippen LogP contribution in [0.3, 0.4) is 0 Å². The van der Waals surface area contributed by atoms with Gasteiger partial charge in [-0.05, 0) is 12.1 Å². The van der Waals surface area contributed by atoms with Gasteiger partial charge in [-0.15, -0.1) is 0 Å². The van der Waals surface area contributed by atoms with Gasteiger partial charge in [0, 0.05) is 0 Å². The number of carbonyl (C=O) groups is 3. The maximum Gasteiger partial charge on any atom is 0.378 e. The predicted octanol–water partition coefficient (Wildman–Crippen LogP) is 1.19. The Balaban J connectivity index is 2.19. The summed E-state index contributed by atoms with van der Waals surface area (Å²) in [5.41, 5.74) is 0.273. The van der Waals surface area contributed by atoms with Gasteiger partial charge < -0.3 is 18.9 Å². The van der Waals surface area contributed by atoms with Gasteiger partial charge in [-0.25, -0.2) is 9.59 Å². The van der Waals surface area contributed by atoms with Gasteiger partial charge in [0.1, 0.15) is 0 Å². The molecule has 1 aromatic carbocycles. The third-order valence-electron chi connectivity index (χ3n) is 2.95. The van der Waals surface area contributed by atoms with E-state index in [0.29, 0.717) is 0 Å². The van der Waals surface area contributed by atoms with Crippen LogP contribution in [0.1, 0.15) is 16.8 Å². The number of ether oxygens (including phenoxy) is 4. The van der Waals surface area contributed by atoms with Crippen LogP contribution in [-0.4, -0.2) is 38.2 Å². The highest BCUT2D eigenvalue weighted by Crippen LogP contribution is 2.27. The first-order chi connectivity index (χ1) is 10.6. The molecule has 22 heavy (non-hydrogen) atoms. The Morgan fingerprint density at radius 1 is 1.18 bits per heavy atom. The van der Waals surface area contributed by atoms with Crippen molar-refractivity contribution in [2.24, 2.45) is 0 Å². The molecule has 1 aliphatic heterocycles. The monoisotopic (exact) mass is 306 g/mol. The molecule has 7 nitrogen and oxygen atoms in total. The SMILES string of the molecule is COC(=O)CC1OC(=O)C(OC(=O)c2ccccc2)=C1OC. The fourth-order valence-corrected chi connectivity index (χ4v) is 1.89. The highest BCUT2D eigenvalue weighted by molar-refractivity contribution is 5.97. The van der Waals surface area contributed by atoms with Gasteiger partial charge in [0.15, 0.2) is 11.9 Å². The first-order valence-electron chi connectivity index (χ1n) is 6.40. The number of hydrogen-bond donors (Lipinski definition) is 0. The van der Waals surface area contributed by atoms with Crippen LogP contribution in [0.4, 0.5) is 0 Å². The Labute approximate surface area is 126 Å². The smallest absolute Gasteiger partial charge is 0.378 e. The largest absolute Gasteiger partial charge is 0.493 e. The summed E-state index contributed by atoms with van der Waals surface area (Å²) >= 11 is 0.